The molecular weight excluding hydrogens is 182 g/mol. The highest BCUT2D eigenvalue weighted by Gasteiger charge is 2.38. The van der Waals surface area contributed by atoms with Crippen molar-refractivity contribution in [3.8, 4) is 0 Å². The summed E-state index contributed by atoms with van der Waals surface area (Å²) in [7, 11) is 0. The third-order valence-corrected chi connectivity index (χ3v) is 2.21. The molecule has 0 spiro atoms. The molecule has 0 aromatic rings. The van der Waals surface area contributed by atoms with Gasteiger partial charge in [-0.2, -0.15) is 0 Å². The molecule has 80 valence electrons. The molecule has 1 heterocycles. The zero-order chi connectivity index (χ0) is 10.9. The van der Waals surface area contributed by atoms with Gasteiger partial charge in [-0.25, -0.2) is 0 Å². The third-order valence-electron chi connectivity index (χ3n) is 2.21. The van der Waals surface area contributed by atoms with Crippen LogP contribution in [-0.2, 0) is 9.59 Å². The molecule has 2 amide bonds. The Morgan fingerprint density at radius 1 is 1.36 bits per heavy atom. The van der Waals surface area contributed by atoms with Gasteiger partial charge >= 0.3 is 0 Å². The van der Waals surface area contributed by atoms with Crippen LogP contribution in [0.1, 0.15) is 33.6 Å². The zero-order valence-corrected chi connectivity index (χ0v) is 8.91. The van der Waals surface area contributed by atoms with Crippen LogP contribution >= 0.6 is 0 Å². The second-order valence-corrected chi connectivity index (χ2v) is 4.64. The van der Waals surface area contributed by atoms with E-state index in [2.05, 4.69) is 0 Å². The molecule has 4 heteroatoms. The fourth-order valence-corrected chi connectivity index (χ4v) is 1.61. The van der Waals surface area contributed by atoms with Gasteiger partial charge in [-0.15, -0.1) is 0 Å². The maximum Gasteiger partial charge on any atom is 0.232 e. The Balaban J connectivity index is 2.71. The van der Waals surface area contributed by atoms with Crippen LogP contribution in [0.15, 0.2) is 0 Å². The predicted molar refractivity (Wildman–Crippen MR) is 51.4 cm³/mol. The Bertz CT molecular complexity index is 238. The first-order chi connectivity index (χ1) is 6.32. The largest absolute Gasteiger partial charge is 0.389 e. The SMILES string of the molecule is CC(C)CN1C(=O)CC(C)(O)CC1=O. The van der Waals surface area contributed by atoms with Gasteiger partial charge in [-0.1, -0.05) is 13.8 Å². The van der Waals surface area contributed by atoms with Gasteiger partial charge in [0.2, 0.25) is 11.8 Å². The van der Waals surface area contributed by atoms with Crippen LogP contribution in [0, 0.1) is 5.92 Å². The highest BCUT2D eigenvalue weighted by molar-refractivity contribution is 5.98. The number of aliphatic hydroxyl groups is 1. The first-order valence-electron chi connectivity index (χ1n) is 4.87. The van der Waals surface area contributed by atoms with Crippen LogP contribution in [0.2, 0.25) is 0 Å². The van der Waals surface area contributed by atoms with Gasteiger partial charge in [-0.05, 0) is 12.8 Å². The molecule has 4 nitrogen and oxygen atoms in total. The summed E-state index contributed by atoms with van der Waals surface area (Å²) in [5.41, 5.74) is -1.15. The second kappa shape index (κ2) is 3.69. The molecule has 1 saturated heterocycles. The average molecular weight is 199 g/mol. The van der Waals surface area contributed by atoms with Crippen LogP contribution in [0.3, 0.4) is 0 Å². The molecule has 14 heavy (non-hydrogen) atoms. The molecule has 0 aliphatic carbocycles. The summed E-state index contributed by atoms with van der Waals surface area (Å²) in [6.45, 7) is 5.88. The van der Waals surface area contributed by atoms with Gasteiger partial charge in [0.15, 0.2) is 0 Å². The Morgan fingerprint density at radius 2 is 1.79 bits per heavy atom. The molecule has 0 aromatic carbocycles. The summed E-state index contributed by atoms with van der Waals surface area (Å²) in [5, 5.41) is 9.60. The van der Waals surface area contributed by atoms with Crippen molar-refractivity contribution in [3.63, 3.8) is 0 Å². The molecule has 0 unspecified atom stereocenters. The van der Waals surface area contributed by atoms with Gasteiger partial charge in [-0.3, -0.25) is 14.5 Å². The van der Waals surface area contributed by atoms with Crippen molar-refractivity contribution < 1.29 is 14.7 Å². The number of rotatable bonds is 2. The molecule has 0 saturated carbocycles. The van der Waals surface area contributed by atoms with Gasteiger partial charge in [0.1, 0.15) is 0 Å². The molecule has 0 atom stereocenters. The van der Waals surface area contributed by atoms with Crippen LogP contribution in [0.25, 0.3) is 0 Å². The number of amides is 2. The zero-order valence-electron chi connectivity index (χ0n) is 8.91. The minimum atomic E-state index is -1.15. The van der Waals surface area contributed by atoms with Crippen LogP contribution in [0.4, 0.5) is 0 Å². The molecule has 1 N–H and O–H groups in total. The van der Waals surface area contributed by atoms with Gasteiger partial charge < -0.3 is 5.11 Å². The van der Waals surface area contributed by atoms with E-state index < -0.39 is 5.60 Å². The number of nitrogens with zero attached hydrogens (tertiary/aromatic N) is 1. The van der Waals surface area contributed by atoms with Crippen molar-refractivity contribution in [2.45, 2.75) is 39.2 Å². The highest BCUT2D eigenvalue weighted by Crippen LogP contribution is 2.23. The molecule has 1 aliphatic rings. The summed E-state index contributed by atoms with van der Waals surface area (Å²) in [4.78, 5) is 24.3. The Labute approximate surface area is 83.9 Å². The summed E-state index contributed by atoms with van der Waals surface area (Å²) < 4.78 is 0. The first kappa shape index (κ1) is 11.2. The van der Waals surface area contributed by atoms with Crippen molar-refractivity contribution in [3.05, 3.63) is 0 Å². The summed E-state index contributed by atoms with van der Waals surface area (Å²) in [5.74, 6) is -0.258. The van der Waals surface area contributed by atoms with E-state index in [1.807, 2.05) is 13.8 Å². The summed E-state index contributed by atoms with van der Waals surface area (Å²) in [6.07, 6.45) is 0.0942. The number of imide groups is 1. The third kappa shape index (κ3) is 2.54. The minimum absolute atomic E-state index is 0.0471. The van der Waals surface area contributed by atoms with Gasteiger partial charge in [0.25, 0.3) is 0 Å². The smallest absolute Gasteiger partial charge is 0.232 e. The Morgan fingerprint density at radius 3 is 2.14 bits per heavy atom. The Kier molecular flexibility index (Phi) is 2.95. The second-order valence-electron chi connectivity index (χ2n) is 4.64. The summed E-state index contributed by atoms with van der Waals surface area (Å²) >= 11 is 0. The van der Waals surface area contributed by atoms with E-state index in [1.54, 1.807) is 0 Å². The van der Waals surface area contributed by atoms with Gasteiger partial charge in [0.05, 0.1) is 18.4 Å². The van der Waals surface area contributed by atoms with Crippen LogP contribution < -0.4 is 0 Å². The monoisotopic (exact) mass is 199 g/mol. The fraction of sp³-hybridized carbons (Fsp3) is 0.800. The quantitative estimate of drug-likeness (QED) is 0.660. The molecule has 1 rings (SSSR count). The van der Waals surface area contributed by atoms with Gasteiger partial charge in [0, 0.05) is 6.54 Å². The lowest BCUT2D eigenvalue weighted by molar-refractivity contribution is -0.157. The van der Waals surface area contributed by atoms with E-state index in [4.69, 9.17) is 0 Å². The van der Waals surface area contributed by atoms with Crippen molar-refractivity contribution >= 4 is 11.8 Å². The highest BCUT2D eigenvalue weighted by atomic mass is 16.3. The number of carbonyl (C=O) groups is 2. The number of piperidine rings is 1. The molecule has 1 aliphatic heterocycles. The van der Waals surface area contributed by atoms with Crippen molar-refractivity contribution in [2.24, 2.45) is 5.92 Å². The predicted octanol–water partition coefficient (Wildman–Crippen LogP) is 0.542. The van der Waals surface area contributed by atoms with Crippen molar-refractivity contribution in [1.82, 2.24) is 4.90 Å². The molecule has 0 aromatic heterocycles. The number of hydrogen-bond acceptors (Lipinski definition) is 3. The number of hydrogen-bond donors (Lipinski definition) is 1. The topological polar surface area (TPSA) is 57.6 Å². The maximum atomic E-state index is 11.5. The molecule has 0 radical (unpaired) electrons. The van der Waals surface area contributed by atoms with Crippen LogP contribution in [0.5, 0.6) is 0 Å². The fourth-order valence-electron chi connectivity index (χ4n) is 1.61. The van der Waals surface area contributed by atoms with E-state index in [9.17, 15) is 14.7 Å². The van der Waals surface area contributed by atoms with Crippen LogP contribution in [-0.4, -0.2) is 34.0 Å². The first-order valence-corrected chi connectivity index (χ1v) is 4.87. The lowest BCUT2D eigenvalue weighted by Crippen LogP contribution is -2.50. The van der Waals surface area contributed by atoms with E-state index in [1.165, 1.54) is 11.8 Å². The van der Waals surface area contributed by atoms with E-state index in [-0.39, 0.29) is 30.6 Å². The lowest BCUT2D eigenvalue weighted by Gasteiger charge is -2.34. The average Bonchev–Trinajstić information content (AvgIpc) is 1.94. The minimum Gasteiger partial charge on any atom is -0.389 e. The standard InChI is InChI=1S/C10H17NO3/c1-7(2)6-11-8(12)4-10(3,14)5-9(11)13/h7,14H,4-6H2,1-3H3. The normalized spacial score (nSPS) is 21.9. The van der Waals surface area contributed by atoms with E-state index in [0.29, 0.717) is 6.54 Å². The van der Waals surface area contributed by atoms with E-state index >= 15 is 0 Å². The molecule has 1 fully saturated rings. The Hall–Kier alpha value is -0.900. The lowest BCUT2D eigenvalue weighted by atomic mass is 9.92. The number of carbonyl (C=O) groups excluding carboxylic acids is 2. The van der Waals surface area contributed by atoms with E-state index in [0.717, 1.165) is 0 Å². The molecular formula is C10H17NO3. The maximum absolute atomic E-state index is 11.5. The number of likely N-dealkylation sites (tertiary alicyclic amines) is 1. The van der Waals surface area contributed by atoms with Crippen molar-refractivity contribution in [1.29, 1.82) is 0 Å². The molecule has 0 bridgehead atoms. The van der Waals surface area contributed by atoms with Crippen molar-refractivity contribution in [2.75, 3.05) is 6.54 Å². The summed E-state index contributed by atoms with van der Waals surface area (Å²) in [6, 6.07) is 0.